The average Bonchev–Trinajstić information content (AvgIpc) is 3.02. The van der Waals surface area contributed by atoms with E-state index in [1.807, 2.05) is 18.2 Å². The third kappa shape index (κ3) is 5.18. The number of carbonyl (C=O) groups excluding carboxylic acids is 2. The van der Waals surface area contributed by atoms with E-state index < -0.39 is 10.0 Å². The molecule has 1 heterocycles. The van der Waals surface area contributed by atoms with Crippen molar-refractivity contribution in [1.82, 2.24) is 13.7 Å². The van der Waals surface area contributed by atoms with Gasteiger partial charge in [0.05, 0.1) is 16.3 Å². The molecule has 2 aromatic carbocycles. The molecule has 0 spiro atoms. The Morgan fingerprint density at radius 1 is 1.03 bits per heavy atom. The van der Waals surface area contributed by atoms with E-state index in [1.54, 1.807) is 30.8 Å². The number of aromatic nitrogens is 2. The van der Waals surface area contributed by atoms with Gasteiger partial charge in [-0.15, -0.1) is 0 Å². The summed E-state index contributed by atoms with van der Waals surface area (Å²) < 4.78 is 29.8. The van der Waals surface area contributed by atoms with Crippen molar-refractivity contribution in [3.05, 3.63) is 76.2 Å². The van der Waals surface area contributed by atoms with Crippen molar-refractivity contribution in [3.8, 4) is 5.69 Å². The van der Waals surface area contributed by atoms with Crippen molar-refractivity contribution < 1.29 is 18.0 Å². The zero-order valence-corrected chi connectivity index (χ0v) is 20.4. The minimum Gasteiger partial charge on any atom is -0.320 e. The van der Waals surface area contributed by atoms with Crippen molar-refractivity contribution in [1.29, 1.82) is 0 Å². The van der Waals surface area contributed by atoms with Crippen LogP contribution in [0.1, 0.15) is 35.8 Å². The Labute approximate surface area is 198 Å². The SMILES string of the molecule is CC(=O)c1ccc(S(=O)(=O)N(C)CCCC(=O)Nc2c(C)n(C)n(-c3ccccc3)c2=O)cc1. The second-order valence-corrected chi connectivity index (χ2v) is 10.0. The quantitative estimate of drug-likeness (QED) is 0.470. The second-order valence-electron chi connectivity index (χ2n) is 8.00. The number of rotatable bonds is 9. The summed E-state index contributed by atoms with van der Waals surface area (Å²) in [5.41, 5.74) is 1.58. The van der Waals surface area contributed by atoms with Crippen LogP contribution in [-0.2, 0) is 21.9 Å². The van der Waals surface area contributed by atoms with Crippen LogP contribution in [0.3, 0.4) is 0 Å². The van der Waals surface area contributed by atoms with E-state index in [4.69, 9.17) is 0 Å². The molecule has 1 amide bonds. The maximum atomic E-state index is 12.9. The van der Waals surface area contributed by atoms with Crippen molar-refractivity contribution in [2.24, 2.45) is 7.05 Å². The van der Waals surface area contributed by atoms with E-state index >= 15 is 0 Å². The summed E-state index contributed by atoms with van der Waals surface area (Å²) >= 11 is 0. The molecule has 0 atom stereocenters. The number of nitrogens with zero attached hydrogens (tertiary/aromatic N) is 3. The highest BCUT2D eigenvalue weighted by molar-refractivity contribution is 7.89. The van der Waals surface area contributed by atoms with E-state index in [0.717, 1.165) is 0 Å². The van der Waals surface area contributed by atoms with Crippen molar-refractivity contribution in [2.75, 3.05) is 18.9 Å². The third-order valence-electron chi connectivity index (χ3n) is 5.66. The van der Waals surface area contributed by atoms with Gasteiger partial charge in [-0.3, -0.25) is 19.1 Å². The van der Waals surface area contributed by atoms with Crippen molar-refractivity contribution in [3.63, 3.8) is 0 Å². The first kappa shape index (κ1) is 25.1. The van der Waals surface area contributed by atoms with Crippen LogP contribution in [0.5, 0.6) is 0 Å². The molecule has 0 aliphatic rings. The van der Waals surface area contributed by atoms with E-state index in [2.05, 4.69) is 5.32 Å². The molecule has 0 aliphatic carbocycles. The summed E-state index contributed by atoms with van der Waals surface area (Å²) in [6.07, 6.45) is 0.314. The van der Waals surface area contributed by atoms with Crippen LogP contribution in [-0.4, -0.2) is 47.4 Å². The summed E-state index contributed by atoms with van der Waals surface area (Å²) in [5.74, 6) is -0.518. The highest BCUT2D eigenvalue weighted by Gasteiger charge is 2.22. The lowest BCUT2D eigenvalue weighted by molar-refractivity contribution is -0.116. The monoisotopic (exact) mass is 484 g/mol. The van der Waals surface area contributed by atoms with Gasteiger partial charge in [0.1, 0.15) is 5.69 Å². The molecule has 34 heavy (non-hydrogen) atoms. The number of nitrogens with one attached hydrogen (secondary N) is 1. The lowest BCUT2D eigenvalue weighted by Crippen LogP contribution is -2.29. The van der Waals surface area contributed by atoms with Gasteiger partial charge in [-0.05, 0) is 44.5 Å². The summed E-state index contributed by atoms with van der Waals surface area (Å²) in [5, 5.41) is 2.68. The van der Waals surface area contributed by atoms with Crippen LogP contribution in [0.15, 0.2) is 64.3 Å². The predicted octanol–water partition coefficient (Wildman–Crippen LogP) is 2.73. The molecule has 0 fully saturated rings. The Morgan fingerprint density at radius 3 is 2.24 bits per heavy atom. The number of Topliss-reactive ketones (excluding diaryl/α,β-unsaturated/α-hetero) is 1. The van der Waals surface area contributed by atoms with Gasteiger partial charge < -0.3 is 5.32 Å². The fourth-order valence-electron chi connectivity index (χ4n) is 3.54. The number of carbonyl (C=O) groups is 2. The number of benzene rings is 2. The minimum absolute atomic E-state index is 0.0439. The molecule has 0 saturated heterocycles. The number of ketones is 1. The third-order valence-corrected chi connectivity index (χ3v) is 7.54. The summed E-state index contributed by atoms with van der Waals surface area (Å²) in [6.45, 7) is 3.27. The van der Waals surface area contributed by atoms with Gasteiger partial charge in [-0.1, -0.05) is 30.3 Å². The van der Waals surface area contributed by atoms with E-state index in [9.17, 15) is 22.8 Å². The molecular weight excluding hydrogens is 456 g/mol. The molecule has 0 radical (unpaired) electrons. The number of hydrogen-bond acceptors (Lipinski definition) is 5. The first-order valence-corrected chi connectivity index (χ1v) is 12.2. The largest absolute Gasteiger partial charge is 0.320 e. The van der Waals surface area contributed by atoms with Crippen LogP contribution >= 0.6 is 0 Å². The summed E-state index contributed by atoms with van der Waals surface area (Å²) in [4.78, 5) is 36.9. The Balaban J connectivity index is 1.62. The molecule has 3 rings (SSSR count). The first-order valence-electron chi connectivity index (χ1n) is 10.7. The molecular formula is C24H28N4O5S. The zero-order chi connectivity index (χ0) is 25.0. The van der Waals surface area contributed by atoms with Crippen LogP contribution in [0.25, 0.3) is 5.69 Å². The molecule has 0 aliphatic heterocycles. The zero-order valence-electron chi connectivity index (χ0n) is 19.6. The van der Waals surface area contributed by atoms with Crippen LogP contribution in [0.2, 0.25) is 0 Å². The molecule has 0 bridgehead atoms. The molecule has 1 aromatic heterocycles. The van der Waals surface area contributed by atoms with Crippen LogP contribution < -0.4 is 10.9 Å². The van der Waals surface area contributed by atoms with Gasteiger partial charge in [0.15, 0.2) is 5.78 Å². The molecule has 0 saturated carbocycles. The van der Waals surface area contributed by atoms with Gasteiger partial charge in [-0.25, -0.2) is 17.4 Å². The fraction of sp³-hybridized carbons (Fsp3) is 0.292. The van der Waals surface area contributed by atoms with Crippen molar-refractivity contribution >= 4 is 27.4 Å². The molecule has 3 aromatic rings. The van der Waals surface area contributed by atoms with Gasteiger partial charge in [0.2, 0.25) is 15.9 Å². The molecule has 0 unspecified atom stereocenters. The van der Waals surface area contributed by atoms with E-state index in [-0.39, 0.29) is 47.2 Å². The second kappa shape index (κ2) is 10.2. The fourth-order valence-corrected chi connectivity index (χ4v) is 4.75. The van der Waals surface area contributed by atoms with Crippen LogP contribution in [0.4, 0.5) is 5.69 Å². The predicted molar refractivity (Wildman–Crippen MR) is 130 cm³/mol. The summed E-state index contributed by atoms with van der Waals surface area (Å²) in [6, 6.07) is 14.8. The van der Waals surface area contributed by atoms with Gasteiger partial charge in [0, 0.05) is 32.6 Å². The highest BCUT2D eigenvalue weighted by Crippen LogP contribution is 2.17. The normalized spacial score (nSPS) is 11.6. The Kier molecular flexibility index (Phi) is 7.53. The standard InChI is InChI=1S/C24H28N4O5S/c1-17-23(24(31)28(27(17)4)20-9-6-5-7-10-20)25-22(30)11-8-16-26(3)34(32,33)21-14-12-19(13-15-21)18(2)29/h5-7,9-10,12-15H,8,11,16H2,1-4H3,(H,25,30). The topological polar surface area (TPSA) is 110 Å². The van der Waals surface area contributed by atoms with Crippen LogP contribution in [0, 0.1) is 6.92 Å². The van der Waals surface area contributed by atoms with Gasteiger partial charge in [-0.2, -0.15) is 0 Å². The highest BCUT2D eigenvalue weighted by atomic mass is 32.2. The number of hydrogen-bond donors (Lipinski definition) is 1. The molecule has 9 nitrogen and oxygen atoms in total. The Bertz CT molecular complexity index is 1360. The molecule has 1 N–H and O–H groups in total. The Hall–Kier alpha value is -3.50. The van der Waals surface area contributed by atoms with Gasteiger partial charge >= 0.3 is 0 Å². The number of sulfonamides is 1. The molecule has 10 heteroatoms. The smallest absolute Gasteiger partial charge is 0.295 e. The first-order chi connectivity index (χ1) is 16.0. The molecule has 180 valence electrons. The van der Waals surface area contributed by atoms with E-state index in [1.165, 1.54) is 47.2 Å². The number of anilines is 1. The van der Waals surface area contributed by atoms with E-state index in [0.29, 0.717) is 16.9 Å². The maximum absolute atomic E-state index is 12.9. The number of amides is 1. The minimum atomic E-state index is -3.75. The van der Waals surface area contributed by atoms with Gasteiger partial charge in [0.25, 0.3) is 5.56 Å². The van der Waals surface area contributed by atoms with Crippen molar-refractivity contribution in [2.45, 2.75) is 31.6 Å². The maximum Gasteiger partial charge on any atom is 0.295 e. The lowest BCUT2D eigenvalue weighted by Gasteiger charge is -2.17. The average molecular weight is 485 g/mol. The summed E-state index contributed by atoms with van der Waals surface area (Å²) in [7, 11) is -0.576. The number of para-hydroxylation sites is 1. The Morgan fingerprint density at radius 2 is 1.65 bits per heavy atom. The lowest BCUT2D eigenvalue weighted by atomic mass is 10.2.